The summed E-state index contributed by atoms with van der Waals surface area (Å²) in [5.41, 5.74) is 2.37. The monoisotopic (exact) mass is 283 g/mol. The van der Waals surface area contributed by atoms with Crippen molar-refractivity contribution in [1.29, 1.82) is 0 Å². The van der Waals surface area contributed by atoms with Crippen LogP contribution in [0.15, 0.2) is 54.6 Å². The van der Waals surface area contributed by atoms with Crippen molar-refractivity contribution in [1.82, 2.24) is 5.32 Å². The van der Waals surface area contributed by atoms with Gasteiger partial charge in [-0.1, -0.05) is 55.5 Å². The van der Waals surface area contributed by atoms with Crippen LogP contribution in [0.5, 0.6) is 5.75 Å². The summed E-state index contributed by atoms with van der Waals surface area (Å²) >= 11 is 0. The second-order valence-corrected chi connectivity index (χ2v) is 5.31. The van der Waals surface area contributed by atoms with E-state index in [1.54, 1.807) is 0 Å². The van der Waals surface area contributed by atoms with Crippen LogP contribution < -0.4 is 10.1 Å². The topological polar surface area (TPSA) is 21.3 Å². The largest absolute Gasteiger partial charge is 0.493 e. The summed E-state index contributed by atoms with van der Waals surface area (Å²) in [5, 5.41) is 3.43. The molecule has 2 rings (SSSR count). The van der Waals surface area contributed by atoms with Gasteiger partial charge >= 0.3 is 0 Å². The highest BCUT2D eigenvalue weighted by Gasteiger charge is 2.05. The lowest BCUT2D eigenvalue weighted by Gasteiger charge is -2.14. The van der Waals surface area contributed by atoms with Crippen molar-refractivity contribution in [2.75, 3.05) is 13.2 Å². The van der Waals surface area contributed by atoms with Gasteiger partial charge in [0.2, 0.25) is 0 Å². The molecule has 2 nitrogen and oxygen atoms in total. The van der Waals surface area contributed by atoms with E-state index in [2.05, 4.69) is 61.6 Å². The summed E-state index contributed by atoms with van der Waals surface area (Å²) in [6.45, 7) is 6.16. The minimum atomic E-state index is 0.558. The lowest BCUT2D eigenvalue weighted by Crippen LogP contribution is -2.25. The van der Waals surface area contributed by atoms with Crippen LogP contribution in [0, 0.1) is 0 Å². The highest BCUT2D eigenvalue weighted by atomic mass is 16.5. The van der Waals surface area contributed by atoms with Crippen molar-refractivity contribution < 1.29 is 4.74 Å². The van der Waals surface area contributed by atoms with Crippen LogP contribution in [0.4, 0.5) is 0 Å². The standard InChI is InChI=1S/C19H25NO/c1-3-20-16(2)10-9-15-21-19-14-8-7-13-18(19)17-11-5-4-6-12-17/h4-8,11-14,16,20H,3,9-10,15H2,1-2H3. The average molecular weight is 283 g/mol. The Labute approximate surface area is 128 Å². The molecule has 1 atom stereocenters. The first kappa shape index (κ1) is 15.6. The number of para-hydroxylation sites is 1. The highest BCUT2D eigenvalue weighted by Crippen LogP contribution is 2.29. The van der Waals surface area contributed by atoms with E-state index in [1.807, 2.05) is 12.1 Å². The van der Waals surface area contributed by atoms with E-state index in [9.17, 15) is 0 Å². The van der Waals surface area contributed by atoms with Gasteiger partial charge < -0.3 is 10.1 Å². The van der Waals surface area contributed by atoms with E-state index < -0.39 is 0 Å². The summed E-state index contributed by atoms with van der Waals surface area (Å²) in [6.07, 6.45) is 2.21. The Morgan fingerprint density at radius 2 is 1.71 bits per heavy atom. The van der Waals surface area contributed by atoms with Crippen molar-refractivity contribution in [3.05, 3.63) is 54.6 Å². The van der Waals surface area contributed by atoms with Crippen LogP contribution in [-0.4, -0.2) is 19.2 Å². The summed E-state index contributed by atoms with van der Waals surface area (Å²) in [5.74, 6) is 0.972. The van der Waals surface area contributed by atoms with Gasteiger partial charge in [0.05, 0.1) is 6.61 Å². The Kier molecular flexibility index (Phi) is 6.29. The van der Waals surface area contributed by atoms with Crippen LogP contribution in [0.2, 0.25) is 0 Å². The Morgan fingerprint density at radius 1 is 1.00 bits per heavy atom. The minimum Gasteiger partial charge on any atom is -0.493 e. The van der Waals surface area contributed by atoms with E-state index in [0.717, 1.165) is 37.3 Å². The number of ether oxygens (including phenoxy) is 1. The van der Waals surface area contributed by atoms with Gasteiger partial charge in [-0.05, 0) is 37.9 Å². The summed E-state index contributed by atoms with van der Waals surface area (Å²) < 4.78 is 5.99. The van der Waals surface area contributed by atoms with Gasteiger partial charge in [0.15, 0.2) is 0 Å². The fourth-order valence-corrected chi connectivity index (χ4v) is 2.47. The van der Waals surface area contributed by atoms with Gasteiger partial charge in [-0.15, -0.1) is 0 Å². The van der Waals surface area contributed by atoms with Crippen LogP contribution >= 0.6 is 0 Å². The first-order chi connectivity index (χ1) is 10.3. The smallest absolute Gasteiger partial charge is 0.127 e. The SMILES string of the molecule is CCNC(C)CCCOc1ccccc1-c1ccccc1. The molecule has 2 aromatic carbocycles. The molecule has 0 aromatic heterocycles. The number of hydrogen-bond acceptors (Lipinski definition) is 2. The number of benzene rings is 2. The molecule has 0 heterocycles. The molecule has 1 N–H and O–H groups in total. The molecule has 0 radical (unpaired) electrons. The van der Waals surface area contributed by atoms with E-state index >= 15 is 0 Å². The van der Waals surface area contributed by atoms with E-state index in [-0.39, 0.29) is 0 Å². The van der Waals surface area contributed by atoms with Crippen LogP contribution in [0.1, 0.15) is 26.7 Å². The Bertz CT molecular complexity index is 524. The van der Waals surface area contributed by atoms with Gasteiger partial charge in [0, 0.05) is 11.6 Å². The third-order valence-corrected chi connectivity index (χ3v) is 3.56. The molecule has 0 amide bonds. The number of rotatable bonds is 8. The Hall–Kier alpha value is -1.80. The second-order valence-electron chi connectivity index (χ2n) is 5.31. The van der Waals surface area contributed by atoms with Gasteiger partial charge in [-0.2, -0.15) is 0 Å². The van der Waals surface area contributed by atoms with Crippen molar-refractivity contribution in [2.45, 2.75) is 32.7 Å². The van der Waals surface area contributed by atoms with Crippen molar-refractivity contribution >= 4 is 0 Å². The van der Waals surface area contributed by atoms with Crippen molar-refractivity contribution in [2.24, 2.45) is 0 Å². The van der Waals surface area contributed by atoms with Gasteiger partial charge in [0.25, 0.3) is 0 Å². The predicted octanol–water partition coefficient (Wildman–Crippen LogP) is 4.51. The second kappa shape index (κ2) is 8.48. The van der Waals surface area contributed by atoms with E-state index in [0.29, 0.717) is 6.04 Å². The van der Waals surface area contributed by atoms with Crippen LogP contribution in [-0.2, 0) is 0 Å². The molecule has 0 bridgehead atoms. The summed E-state index contributed by atoms with van der Waals surface area (Å²) in [7, 11) is 0. The molecule has 2 heteroatoms. The molecule has 0 aliphatic heterocycles. The molecule has 112 valence electrons. The molecule has 1 unspecified atom stereocenters. The quantitative estimate of drug-likeness (QED) is 0.720. The molecule has 0 saturated heterocycles. The lowest BCUT2D eigenvalue weighted by molar-refractivity contribution is 0.299. The third-order valence-electron chi connectivity index (χ3n) is 3.56. The molecular formula is C19H25NO. The molecular weight excluding hydrogens is 258 g/mol. The Balaban J connectivity index is 1.92. The van der Waals surface area contributed by atoms with Crippen LogP contribution in [0.25, 0.3) is 11.1 Å². The van der Waals surface area contributed by atoms with Crippen LogP contribution in [0.3, 0.4) is 0 Å². The zero-order chi connectivity index (χ0) is 14.9. The molecule has 0 aliphatic rings. The van der Waals surface area contributed by atoms with Gasteiger partial charge in [0.1, 0.15) is 5.75 Å². The maximum atomic E-state index is 5.99. The van der Waals surface area contributed by atoms with E-state index in [4.69, 9.17) is 4.74 Å². The van der Waals surface area contributed by atoms with Gasteiger partial charge in [-0.25, -0.2) is 0 Å². The third kappa shape index (κ3) is 4.91. The Morgan fingerprint density at radius 3 is 2.48 bits per heavy atom. The normalized spacial score (nSPS) is 12.1. The molecule has 0 saturated carbocycles. The molecule has 0 aliphatic carbocycles. The highest BCUT2D eigenvalue weighted by molar-refractivity contribution is 5.70. The summed E-state index contributed by atoms with van der Waals surface area (Å²) in [6, 6.07) is 19.2. The fraction of sp³-hybridized carbons (Fsp3) is 0.368. The zero-order valence-electron chi connectivity index (χ0n) is 13.0. The first-order valence-corrected chi connectivity index (χ1v) is 7.82. The number of hydrogen-bond donors (Lipinski definition) is 1. The fourth-order valence-electron chi connectivity index (χ4n) is 2.47. The molecule has 2 aromatic rings. The van der Waals surface area contributed by atoms with Crippen molar-refractivity contribution in [3.8, 4) is 16.9 Å². The van der Waals surface area contributed by atoms with Gasteiger partial charge in [-0.3, -0.25) is 0 Å². The lowest BCUT2D eigenvalue weighted by atomic mass is 10.1. The maximum absolute atomic E-state index is 5.99. The minimum absolute atomic E-state index is 0.558. The molecule has 0 spiro atoms. The van der Waals surface area contributed by atoms with Crippen molar-refractivity contribution in [3.63, 3.8) is 0 Å². The maximum Gasteiger partial charge on any atom is 0.127 e. The summed E-state index contributed by atoms with van der Waals surface area (Å²) in [4.78, 5) is 0. The average Bonchev–Trinajstić information content (AvgIpc) is 2.53. The molecule has 21 heavy (non-hydrogen) atoms. The molecule has 0 fully saturated rings. The van der Waals surface area contributed by atoms with E-state index in [1.165, 1.54) is 5.56 Å². The first-order valence-electron chi connectivity index (χ1n) is 7.82. The number of nitrogens with one attached hydrogen (secondary N) is 1. The zero-order valence-corrected chi connectivity index (χ0v) is 13.0. The predicted molar refractivity (Wildman–Crippen MR) is 89.7 cm³/mol.